The monoisotopic (exact) mass is 758 g/mol. The Balaban J connectivity index is 1.34. The Hall–Kier alpha value is -6.07. The third-order valence-corrected chi connectivity index (χ3v) is 10.6. The molecule has 11 heteroatoms. The van der Waals surface area contributed by atoms with Gasteiger partial charge in [-0.2, -0.15) is 0 Å². The molecule has 0 unspecified atom stereocenters. The van der Waals surface area contributed by atoms with Gasteiger partial charge in [0.25, 0.3) is 0 Å². The van der Waals surface area contributed by atoms with Gasteiger partial charge in [-0.3, -0.25) is 24.0 Å². The number of phenols is 1. The zero-order chi connectivity index (χ0) is 38.7. The minimum absolute atomic E-state index is 0.0190. The van der Waals surface area contributed by atoms with Crippen molar-refractivity contribution in [3.05, 3.63) is 142 Å². The molecule has 5 aromatic rings. The molecular formula is C44H42N2O8S. The molecule has 0 saturated carbocycles. The van der Waals surface area contributed by atoms with E-state index < -0.39 is 47.5 Å². The van der Waals surface area contributed by atoms with E-state index in [1.807, 2.05) is 72.1 Å². The third-order valence-electron chi connectivity index (χ3n) is 9.69. The normalized spacial score (nSPS) is 20.0. The first-order valence-electron chi connectivity index (χ1n) is 18.1. The van der Waals surface area contributed by atoms with E-state index in [-0.39, 0.29) is 56.7 Å². The number of benzene rings is 4. The van der Waals surface area contributed by atoms with Crippen LogP contribution in [0.2, 0.25) is 0 Å². The molecule has 55 heavy (non-hydrogen) atoms. The largest absolute Gasteiger partial charge is 0.508 e. The Labute approximate surface area is 323 Å². The maximum Gasteiger partial charge on any atom is 0.307 e. The summed E-state index contributed by atoms with van der Waals surface area (Å²) < 4.78 is 5.75. The van der Waals surface area contributed by atoms with Crippen molar-refractivity contribution in [1.82, 2.24) is 10.6 Å². The lowest BCUT2D eigenvalue weighted by Gasteiger charge is -2.26. The first kappa shape index (κ1) is 38.6. The third kappa shape index (κ3) is 11.0. The van der Waals surface area contributed by atoms with E-state index in [2.05, 4.69) is 10.6 Å². The van der Waals surface area contributed by atoms with Crippen LogP contribution < -0.4 is 15.4 Å². The van der Waals surface area contributed by atoms with Gasteiger partial charge in [0.05, 0.1) is 12.0 Å². The van der Waals surface area contributed by atoms with E-state index in [9.17, 15) is 34.2 Å². The average Bonchev–Trinajstić information content (AvgIpc) is 3.71. The van der Waals surface area contributed by atoms with Gasteiger partial charge in [0.15, 0.2) is 11.6 Å². The number of carbonyl (C=O) groups excluding carboxylic acids is 4. The van der Waals surface area contributed by atoms with Crippen LogP contribution >= 0.6 is 11.3 Å². The second kappa shape index (κ2) is 18.3. The van der Waals surface area contributed by atoms with Gasteiger partial charge in [0, 0.05) is 30.1 Å². The Morgan fingerprint density at radius 3 is 1.96 bits per heavy atom. The molecule has 0 aliphatic carbocycles. The summed E-state index contributed by atoms with van der Waals surface area (Å²) >= 11 is 1.46. The molecule has 2 amide bonds. The maximum absolute atomic E-state index is 14.4. The van der Waals surface area contributed by atoms with Gasteiger partial charge in [0.1, 0.15) is 24.1 Å². The quantitative estimate of drug-likeness (QED) is 0.150. The van der Waals surface area contributed by atoms with Crippen molar-refractivity contribution in [3.63, 3.8) is 0 Å². The van der Waals surface area contributed by atoms with Crippen LogP contribution in [0.15, 0.2) is 121 Å². The van der Waals surface area contributed by atoms with Crippen LogP contribution in [-0.2, 0) is 49.7 Å². The minimum Gasteiger partial charge on any atom is -0.508 e. The number of ether oxygens (including phenoxy) is 1. The molecule has 2 aliphatic heterocycles. The van der Waals surface area contributed by atoms with Crippen molar-refractivity contribution in [2.24, 2.45) is 11.8 Å². The highest BCUT2D eigenvalue weighted by Crippen LogP contribution is 2.23. The van der Waals surface area contributed by atoms with Crippen LogP contribution in [0.1, 0.15) is 34.4 Å². The number of aromatic hydroxyl groups is 1. The molecule has 0 spiro atoms. The summed E-state index contributed by atoms with van der Waals surface area (Å²) in [6.07, 6.45) is -0.104. The Morgan fingerprint density at radius 1 is 0.673 bits per heavy atom. The van der Waals surface area contributed by atoms with E-state index >= 15 is 0 Å². The number of carboxylic acids is 1. The van der Waals surface area contributed by atoms with Gasteiger partial charge in [-0.05, 0) is 82.8 Å². The molecule has 4 aromatic carbocycles. The van der Waals surface area contributed by atoms with Crippen LogP contribution in [0.25, 0.3) is 11.1 Å². The number of fused-ring (bicyclic) bond motifs is 16. The number of rotatable bonds is 8. The summed E-state index contributed by atoms with van der Waals surface area (Å²) in [6, 6.07) is 31.7. The molecule has 0 saturated heterocycles. The van der Waals surface area contributed by atoms with E-state index in [1.54, 1.807) is 36.4 Å². The van der Waals surface area contributed by atoms with Crippen LogP contribution in [0, 0.1) is 11.8 Å². The Kier molecular flexibility index (Phi) is 12.9. The molecule has 1 aromatic heterocycles. The second-order valence-corrected chi connectivity index (χ2v) is 14.9. The highest BCUT2D eigenvalue weighted by atomic mass is 32.1. The van der Waals surface area contributed by atoms with Crippen molar-refractivity contribution in [3.8, 4) is 22.6 Å². The molecule has 7 rings (SSSR count). The Bertz CT molecular complexity index is 2080. The van der Waals surface area contributed by atoms with E-state index in [0.29, 0.717) is 16.9 Å². The fourth-order valence-corrected chi connectivity index (χ4v) is 7.44. The number of ketones is 2. The minimum atomic E-state index is -1.17. The number of carboxylic acid groups (broad SMARTS) is 1. The first-order valence-corrected chi connectivity index (χ1v) is 19.0. The van der Waals surface area contributed by atoms with E-state index in [4.69, 9.17) is 4.74 Å². The Morgan fingerprint density at radius 2 is 1.31 bits per heavy atom. The lowest BCUT2D eigenvalue weighted by Crippen LogP contribution is -2.54. The topological polar surface area (TPSA) is 159 Å². The predicted molar refractivity (Wildman–Crippen MR) is 209 cm³/mol. The highest BCUT2D eigenvalue weighted by molar-refractivity contribution is 7.09. The average molecular weight is 759 g/mol. The zero-order valence-electron chi connectivity index (χ0n) is 30.1. The zero-order valence-corrected chi connectivity index (χ0v) is 30.9. The number of hydrogen-bond donors (Lipinski definition) is 4. The molecule has 4 atom stereocenters. The number of hydrogen-bond acceptors (Lipinski definition) is 8. The number of carbonyl (C=O) groups is 5. The van der Waals surface area contributed by atoms with Crippen molar-refractivity contribution in [1.29, 1.82) is 0 Å². The smallest absolute Gasteiger partial charge is 0.307 e. The summed E-state index contributed by atoms with van der Waals surface area (Å²) in [5, 5.41) is 27.7. The number of nitrogens with one attached hydrogen (secondary N) is 2. The van der Waals surface area contributed by atoms with Crippen molar-refractivity contribution in [2.75, 3.05) is 6.61 Å². The lowest BCUT2D eigenvalue weighted by atomic mass is 9.90. The summed E-state index contributed by atoms with van der Waals surface area (Å²) in [6.45, 7) is -0.281. The molecule has 2 bridgehead atoms. The molecule has 0 fully saturated rings. The van der Waals surface area contributed by atoms with Gasteiger partial charge >= 0.3 is 5.97 Å². The van der Waals surface area contributed by atoms with Gasteiger partial charge < -0.3 is 25.6 Å². The number of aliphatic carboxylic acids is 1. The van der Waals surface area contributed by atoms with Crippen LogP contribution in [0.3, 0.4) is 0 Å². The fourth-order valence-electron chi connectivity index (χ4n) is 6.65. The fraction of sp³-hybridized carbons (Fsp3) is 0.250. The summed E-state index contributed by atoms with van der Waals surface area (Å²) in [4.78, 5) is 69.2. The van der Waals surface area contributed by atoms with Crippen molar-refractivity contribution in [2.45, 2.75) is 50.6 Å². The van der Waals surface area contributed by atoms with Gasteiger partial charge in [-0.15, -0.1) is 11.3 Å². The highest BCUT2D eigenvalue weighted by Gasteiger charge is 2.33. The standard InChI is InChI=1S/C44H42N2O8S/c47-35-16-10-30(11-17-35)22-39-41(49)26-34(44(52)53)21-28-12-18-37(19-13-28)54-27-36(48)24-33(25-38-7-4-20-55-38)42(50)46-40(43(51)45-39)23-29-8-14-32(15-9-29)31-5-2-1-3-6-31/h1-20,33-34,39-40,47H,21-27H2,(H,45,51)(H,46,50)(H,52,53)/t33-,34+,39-,40+/m0/s1. The molecular weight excluding hydrogens is 717 g/mol. The lowest BCUT2D eigenvalue weighted by molar-refractivity contribution is -0.144. The number of Topliss-reactive ketones (excluding diaryl/α,β-unsaturated/α-hetero) is 2. The SMILES string of the molecule is O=C1COc2ccc(cc2)C[C@@H](C(=O)O)CC(=O)[C@H](Cc2ccc(O)cc2)NC(=O)[C@@H](Cc2ccc(-c3ccccc3)cc2)NC(=O)[C@H](Cc2cccs2)C1. The van der Waals surface area contributed by atoms with Crippen LogP contribution in [0.5, 0.6) is 11.5 Å². The van der Waals surface area contributed by atoms with Gasteiger partial charge in [-0.25, -0.2) is 0 Å². The molecule has 0 radical (unpaired) electrons. The first-order chi connectivity index (χ1) is 26.6. The number of phenolic OH excluding ortho intramolecular Hbond substituents is 1. The van der Waals surface area contributed by atoms with E-state index in [0.717, 1.165) is 21.6 Å². The number of thiophene rings is 1. The molecule has 2 aliphatic rings. The van der Waals surface area contributed by atoms with E-state index in [1.165, 1.54) is 23.5 Å². The number of amides is 2. The van der Waals surface area contributed by atoms with Crippen molar-refractivity contribution < 1.29 is 38.9 Å². The maximum atomic E-state index is 14.4. The predicted octanol–water partition coefficient (Wildman–Crippen LogP) is 5.99. The van der Waals surface area contributed by atoms with Gasteiger partial charge in [-0.1, -0.05) is 84.9 Å². The van der Waals surface area contributed by atoms with Crippen molar-refractivity contribution >= 4 is 40.7 Å². The summed E-state index contributed by atoms with van der Waals surface area (Å²) in [5.74, 6) is -4.59. The molecule has 282 valence electrons. The van der Waals surface area contributed by atoms with Crippen LogP contribution in [-0.4, -0.2) is 58.3 Å². The van der Waals surface area contributed by atoms with Crippen LogP contribution in [0.4, 0.5) is 0 Å². The summed E-state index contributed by atoms with van der Waals surface area (Å²) in [5.41, 5.74) is 4.01. The summed E-state index contributed by atoms with van der Waals surface area (Å²) in [7, 11) is 0. The molecule has 10 nitrogen and oxygen atoms in total. The molecule has 3 heterocycles. The van der Waals surface area contributed by atoms with Gasteiger partial charge in [0.2, 0.25) is 11.8 Å². The molecule has 4 N–H and O–H groups in total. The second-order valence-electron chi connectivity index (χ2n) is 13.8.